The van der Waals surface area contributed by atoms with E-state index >= 15 is 0 Å². The average Bonchev–Trinajstić information content (AvgIpc) is 3.17. The number of nitrogens with zero attached hydrogens (tertiary/aromatic N) is 2. The summed E-state index contributed by atoms with van der Waals surface area (Å²) >= 11 is 0. The van der Waals surface area contributed by atoms with Crippen molar-refractivity contribution in [3.63, 3.8) is 0 Å². The van der Waals surface area contributed by atoms with E-state index in [0.29, 0.717) is 24.2 Å². The van der Waals surface area contributed by atoms with E-state index in [1.807, 2.05) is 42.2 Å². The minimum atomic E-state index is -0.712. The molecule has 4 rings (SSSR count). The molecule has 3 aliphatic heterocycles. The second-order valence-corrected chi connectivity index (χ2v) is 7.88. The molecule has 1 aromatic rings. The summed E-state index contributed by atoms with van der Waals surface area (Å²) in [7, 11) is 0. The van der Waals surface area contributed by atoms with Gasteiger partial charge in [-0.15, -0.1) is 0 Å². The van der Waals surface area contributed by atoms with Crippen molar-refractivity contribution in [3.05, 3.63) is 35.9 Å². The zero-order valence-electron chi connectivity index (χ0n) is 14.9. The Labute approximate surface area is 149 Å². The molecule has 134 valence electrons. The van der Waals surface area contributed by atoms with Crippen molar-refractivity contribution in [2.45, 2.75) is 56.7 Å². The lowest BCUT2D eigenvalue weighted by Gasteiger charge is -2.38. The van der Waals surface area contributed by atoms with Crippen LogP contribution < -0.4 is 5.32 Å². The Balaban J connectivity index is 1.54. The molecule has 1 N–H and O–H groups in total. The van der Waals surface area contributed by atoms with Crippen LogP contribution in [0.15, 0.2) is 30.3 Å². The molecule has 3 unspecified atom stereocenters. The molecule has 0 saturated carbocycles. The molecule has 2 bridgehead atoms. The zero-order valence-corrected chi connectivity index (χ0v) is 14.9. The predicted molar refractivity (Wildman–Crippen MR) is 96.3 cm³/mol. The molecule has 3 fully saturated rings. The Bertz CT molecular complexity index is 662. The minimum Gasteiger partial charge on any atom is -0.339 e. The van der Waals surface area contributed by atoms with Crippen LogP contribution in [-0.2, 0) is 4.79 Å². The largest absolute Gasteiger partial charge is 0.339 e. The number of nitrogens with one attached hydrogen (secondary N) is 1. The Morgan fingerprint density at radius 1 is 1.08 bits per heavy atom. The molecule has 1 aromatic carbocycles. The third kappa shape index (κ3) is 2.95. The van der Waals surface area contributed by atoms with E-state index < -0.39 is 5.54 Å². The van der Waals surface area contributed by atoms with Gasteiger partial charge in [0.05, 0.1) is 0 Å². The van der Waals surface area contributed by atoms with Crippen molar-refractivity contribution in [2.24, 2.45) is 0 Å². The van der Waals surface area contributed by atoms with Gasteiger partial charge in [0, 0.05) is 37.3 Å². The van der Waals surface area contributed by atoms with Gasteiger partial charge in [0.2, 0.25) is 5.91 Å². The van der Waals surface area contributed by atoms with Crippen LogP contribution in [0.5, 0.6) is 0 Å². The van der Waals surface area contributed by atoms with Gasteiger partial charge in [-0.2, -0.15) is 0 Å². The quantitative estimate of drug-likeness (QED) is 0.896. The van der Waals surface area contributed by atoms with Crippen LogP contribution in [0, 0.1) is 0 Å². The van der Waals surface area contributed by atoms with Crippen LogP contribution in [-0.4, -0.2) is 58.9 Å². The molecule has 25 heavy (non-hydrogen) atoms. The highest BCUT2D eigenvalue weighted by atomic mass is 16.2. The number of hydrogen-bond acceptors (Lipinski definition) is 3. The van der Waals surface area contributed by atoms with Gasteiger partial charge in [-0.1, -0.05) is 18.2 Å². The van der Waals surface area contributed by atoms with Gasteiger partial charge >= 0.3 is 0 Å². The van der Waals surface area contributed by atoms with Gasteiger partial charge in [-0.3, -0.25) is 9.59 Å². The first-order chi connectivity index (χ1) is 12.1. The monoisotopic (exact) mass is 341 g/mol. The van der Waals surface area contributed by atoms with Crippen LogP contribution in [0.1, 0.15) is 49.4 Å². The second-order valence-electron chi connectivity index (χ2n) is 7.88. The normalized spacial score (nSPS) is 31.9. The van der Waals surface area contributed by atoms with E-state index in [-0.39, 0.29) is 11.8 Å². The standard InChI is InChI=1S/C20H27N3O2/c1-20(19(25)22-13-10-16-8-9-17(14-22)21-16)11-5-12-23(20)18(24)15-6-3-2-4-7-15/h2-4,6-7,16-17,21H,5,8-14H2,1H3. The van der Waals surface area contributed by atoms with Gasteiger partial charge in [-0.05, 0) is 51.2 Å². The summed E-state index contributed by atoms with van der Waals surface area (Å²) in [6.45, 7) is 4.20. The van der Waals surface area contributed by atoms with Gasteiger partial charge < -0.3 is 15.1 Å². The molecule has 5 nitrogen and oxygen atoms in total. The maximum absolute atomic E-state index is 13.4. The lowest BCUT2D eigenvalue weighted by atomic mass is 9.95. The highest BCUT2D eigenvalue weighted by molar-refractivity contribution is 5.99. The molecule has 2 amide bonds. The number of carbonyl (C=O) groups excluding carboxylic acids is 2. The van der Waals surface area contributed by atoms with Gasteiger partial charge in [0.1, 0.15) is 5.54 Å². The summed E-state index contributed by atoms with van der Waals surface area (Å²) in [5, 5.41) is 3.63. The number of benzene rings is 1. The third-order valence-electron chi connectivity index (χ3n) is 6.18. The van der Waals surface area contributed by atoms with E-state index in [0.717, 1.165) is 38.8 Å². The lowest BCUT2D eigenvalue weighted by Crippen LogP contribution is -2.57. The number of amides is 2. The van der Waals surface area contributed by atoms with Crippen molar-refractivity contribution < 1.29 is 9.59 Å². The van der Waals surface area contributed by atoms with Gasteiger partial charge in [0.15, 0.2) is 0 Å². The maximum Gasteiger partial charge on any atom is 0.254 e. The van der Waals surface area contributed by atoms with Crippen molar-refractivity contribution in [1.29, 1.82) is 0 Å². The number of likely N-dealkylation sites (tertiary alicyclic amines) is 2. The summed E-state index contributed by atoms with van der Waals surface area (Å²) in [5.41, 5.74) is -0.0451. The number of carbonyl (C=O) groups is 2. The van der Waals surface area contributed by atoms with Crippen LogP contribution >= 0.6 is 0 Å². The van der Waals surface area contributed by atoms with Crippen molar-refractivity contribution >= 4 is 11.8 Å². The lowest BCUT2D eigenvalue weighted by molar-refractivity contribution is -0.141. The Morgan fingerprint density at radius 3 is 2.64 bits per heavy atom. The van der Waals surface area contributed by atoms with Gasteiger partial charge in [-0.25, -0.2) is 0 Å². The highest BCUT2D eigenvalue weighted by Gasteiger charge is 2.48. The number of fused-ring (bicyclic) bond motifs is 2. The first-order valence-electron chi connectivity index (χ1n) is 9.50. The van der Waals surface area contributed by atoms with E-state index in [9.17, 15) is 9.59 Å². The molecular weight excluding hydrogens is 314 g/mol. The Hall–Kier alpha value is -1.88. The molecule has 0 aromatic heterocycles. The molecule has 3 aliphatic rings. The summed E-state index contributed by atoms with van der Waals surface area (Å²) in [6.07, 6.45) is 5.03. The molecule has 3 heterocycles. The Morgan fingerprint density at radius 2 is 1.84 bits per heavy atom. The zero-order chi connectivity index (χ0) is 17.4. The van der Waals surface area contributed by atoms with Crippen LogP contribution in [0.3, 0.4) is 0 Å². The molecule has 0 spiro atoms. The summed E-state index contributed by atoms with van der Waals surface area (Å²) in [5.74, 6) is 0.104. The second kappa shape index (κ2) is 6.45. The van der Waals surface area contributed by atoms with Crippen LogP contribution in [0.2, 0.25) is 0 Å². The van der Waals surface area contributed by atoms with E-state index in [4.69, 9.17) is 0 Å². The first-order valence-corrected chi connectivity index (χ1v) is 9.50. The maximum atomic E-state index is 13.4. The van der Waals surface area contributed by atoms with Crippen molar-refractivity contribution in [2.75, 3.05) is 19.6 Å². The summed E-state index contributed by atoms with van der Waals surface area (Å²) in [4.78, 5) is 30.2. The molecule has 0 aliphatic carbocycles. The average molecular weight is 341 g/mol. The van der Waals surface area contributed by atoms with Crippen LogP contribution in [0.4, 0.5) is 0 Å². The van der Waals surface area contributed by atoms with E-state index in [2.05, 4.69) is 5.32 Å². The van der Waals surface area contributed by atoms with Crippen molar-refractivity contribution in [1.82, 2.24) is 15.1 Å². The fourth-order valence-electron chi connectivity index (χ4n) is 4.72. The fraction of sp³-hybridized carbons (Fsp3) is 0.600. The SMILES string of the molecule is CC1(C(=O)N2CCC3CCC(C2)N3)CCCN1C(=O)c1ccccc1. The van der Waals surface area contributed by atoms with Gasteiger partial charge in [0.25, 0.3) is 5.91 Å². The molecular formula is C20H27N3O2. The molecule has 3 saturated heterocycles. The number of hydrogen-bond donors (Lipinski definition) is 1. The molecule has 3 atom stereocenters. The topological polar surface area (TPSA) is 52.7 Å². The van der Waals surface area contributed by atoms with Crippen LogP contribution in [0.25, 0.3) is 0 Å². The fourth-order valence-corrected chi connectivity index (χ4v) is 4.72. The smallest absolute Gasteiger partial charge is 0.254 e. The number of rotatable bonds is 2. The third-order valence-corrected chi connectivity index (χ3v) is 6.18. The summed E-state index contributed by atoms with van der Waals surface area (Å²) < 4.78 is 0. The Kier molecular flexibility index (Phi) is 4.28. The first kappa shape index (κ1) is 16.6. The molecule has 5 heteroatoms. The highest BCUT2D eigenvalue weighted by Crippen LogP contribution is 2.33. The summed E-state index contributed by atoms with van der Waals surface area (Å²) in [6, 6.07) is 10.3. The minimum absolute atomic E-state index is 0.0246. The van der Waals surface area contributed by atoms with E-state index in [1.54, 1.807) is 4.90 Å². The molecule has 0 radical (unpaired) electrons. The van der Waals surface area contributed by atoms with E-state index in [1.165, 1.54) is 6.42 Å². The predicted octanol–water partition coefficient (Wildman–Crippen LogP) is 2.03. The van der Waals surface area contributed by atoms with Crippen molar-refractivity contribution in [3.8, 4) is 0 Å².